The number of likely N-dealkylation sites (tertiary alicyclic amines) is 1. The molecule has 0 radical (unpaired) electrons. The third-order valence-electron chi connectivity index (χ3n) is 6.20. The highest BCUT2D eigenvalue weighted by molar-refractivity contribution is 5.86. The van der Waals surface area contributed by atoms with Gasteiger partial charge in [-0.1, -0.05) is 37.3 Å². The molecule has 1 aromatic carbocycles. The van der Waals surface area contributed by atoms with Crippen molar-refractivity contribution in [1.29, 1.82) is 0 Å². The lowest BCUT2D eigenvalue weighted by Crippen LogP contribution is -2.60. The molecular formula is C21H32N4O3. The first-order chi connectivity index (χ1) is 13.4. The highest BCUT2D eigenvalue weighted by Gasteiger charge is 2.40. The molecule has 2 amide bonds. The molecule has 0 spiro atoms. The van der Waals surface area contributed by atoms with Gasteiger partial charge in [-0.3, -0.25) is 9.59 Å². The zero-order chi connectivity index (χ0) is 20.1. The van der Waals surface area contributed by atoms with Crippen LogP contribution in [0.5, 0.6) is 0 Å². The smallest absolute Gasteiger partial charge is 0.251 e. The topological polar surface area (TPSA) is 73.9 Å². The first kappa shape index (κ1) is 20.8. The number of carbonyl (C=O) groups is 2. The van der Waals surface area contributed by atoms with E-state index in [9.17, 15) is 9.59 Å². The van der Waals surface area contributed by atoms with Crippen molar-refractivity contribution in [3.05, 3.63) is 35.9 Å². The SMILES string of the molecule is CCN1CCC(CNC(=O)[C@H]2OCC(=O)N[C@@H]2c2ccccc2)(N(C)C)CC1. The third kappa shape index (κ3) is 4.54. The van der Waals surface area contributed by atoms with Crippen LogP contribution in [0.3, 0.4) is 0 Å². The summed E-state index contributed by atoms with van der Waals surface area (Å²) in [7, 11) is 4.16. The fourth-order valence-electron chi connectivity index (χ4n) is 4.12. The van der Waals surface area contributed by atoms with Crippen molar-refractivity contribution in [1.82, 2.24) is 20.4 Å². The molecule has 0 bridgehead atoms. The molecule has 7 nitrogen and oxygen atoms in total. The highest BCUT2D eigenvalue weighted by atomic mass is 16.5. The molecule has 2 aliphatic rings. The third-order valence-corrected chi connectivity index (χ3v) is 6.20. The largest absolute Gasteiger partial charge is 0.356 e. The molecule has 0 aromatic heterocycles. The van der Waals surface area contributed by atoms with Crippen LogP contribution in [-0.4, -0.2) is 80.1 Å². The summed E-state index contributed by atoms with van der Waals surface area (Å²) in [5.41, 5.74) is 0.816. The van der Waals surface area contributed by atoms with Crippen LogP contribution < -0.4 is 10.6 Å². The Balaban J connectivity index is 1.67. The molecule has 0 aliphatic carbocycles. The number of likely N-dealkylation sites (N-methyl/N-ethyl adjacent to an activating group) is 1. The van der Waals surface area contributed by atoms with Crippen LogP contribution in [0.2, 0.25) is 0 Å². The van der Waals surface area contributed by atoms with Gasteiger partial charge in [0.1, 0.15) is 6.61 Å². The normalized spacial score (nSPS) is 25.4. The maximum atomic E-state index is 13.0. The summed E-state index contributed by atoms with van der Waals surface area (Å²) in [6.45, 7) is 5.80. The number of piperidine rings is 1. The summed E-state index contributed by atoms with van der Waals surface area (Å²) in [5.74, 6) is -0.373. The second kappa shape index (κ2) is 9.03. The Hall–Kier alpha value is -1.96. The van der Waals surface area contributed by atoms with Gasteiger partial charge in [-0.05, 0) is 52.1 Å². The van der Waals surface area contributed by atoms with Gasteiger partial charge in [0.05, 0.1) is 6.04 Å². The Labute approximate surface area is 167 Å². The van der Waals surface area contributed by atoms with Crippen LogP contribution in [0.25, 0.3) is 0 Å². The fraction of sp³-hybridized carbons (Fsp3) is 0.619. The van der Waals surface area contributed by atoms with Crippen LogP contribution in [-0.2, 0) is 14.3 Å². The molecule has 0 unspecified atom stereocenters. The molecule has 28 heavy (non-hydrogen) atoms. The number of hydrogen-bond acceptors (Lipinski definition) is 5. The zero-order valence-electron chi connectivity index (χ0n) is 17.1. The zero-order valence-corrected chi connectivity index (χ0v) is 17.1. The van der Waals surface area contributed by atoms with Gasteiger partial charge in [0, 0.05) is 12.1 Å². The molecule has 3 rings (SSSR count). The van der Waals surface area contributed by atoms with E-state index in [-0.39, 0.29) is 24.0 Å². The Bertz CT molecular complexity index is 671. The van der Waals surface area contributed by atoms with Crippen molar-refractivity contribution in [2.45, 2.75) is 37.5 Å². The van der Waals surface area contributed by atoms with E-state index in [2.05, 4.69) is 41.5 Å². The number of nitrogens with zero attached hydrogens (tertiary/aromatic N) is 2. The predicted molar refractivity (Wildman–Crippen MR) is 108 cm³/mol. The number of ether oxygens (including phenoxy) is 1. The van der Waals surface area contributed by atoms with Gasteiger partial charge in [-0.2, -0.15) is 0 Å². The number of hydrogen-bond donors (Lipinski definition) is 2. The Morgan fingerprint density at radius 3 is 2.57 bits per heavy atom. The summed E-state index contributed by atoms with van der Waals surface area (Å²) in [4.78, 5) is 29.5. The lowest BCUT2D eigenvalue weighted by Gasteiger charge is -2.46. The second-order valence-electron chi connectivity index (χ2n) is 7.96. The van der Waals surface area contributed by atoms with Crippen LogP contribution in [0.1, 0.15) is 31.4 Å². The summed E-state index contributed by atoms with van der Waals surface area (Å²) >= 11 is 0. The summed E-state index contributed by atoms with van der Waals surface area (Å²) < 4.78 is 5.64. The number of benzene rings is 1. The minimum Gasteiger partial charge on any atom is -0.356 e. The van der Waals surface area contributed by atoms with Gasteiger partial charge in [-0.15, -0.1) is 0 Å². The van der Waals surface area contributed by atoms with Crippen molar-refractivity contribution in [3.63, 3.8) is 0 Å². The first-order valence-corrected chi connectivity index (χ1v) is 10.1. The van der Waals surface area contributed by atoms with Crippen molar-refractivity contribution < 1.29 is 14.3 Å². The van der Waals surface area contributed by atoms with Crippen LogP contribution >= 0.6 is 0 Å². The predicted octanol–water partition coefficient (Wildman–Crippen LogP) is 0.775. The molecule has 2 fully saturated rings. The summed E-state index contributed by atoms with van der Waals surface area (Å²) in [5, 5.41) is 6.02. The van der Waals surface area contributed by atoms with Crippen molar-refractivity contribution >= 4 is 11.8 Å². The van der Waals surface area contributed by atoms with E-state index in [1.54, 1.807) is 0 Å². The molecule has 154 valence electrons. The van der Waals surface area contributed by atoms with Crippen LogP contribution in [0.4, 0.5) is 0 Å². The second-order valence-corrected chi connectivity index (χ2v) is 7.96. The van der Waals surface area contributed by atoms with Gasteiger partial charge in [0.2, 0.25) is 5.91 Å². The minimum atomic E-state index is -0.727. The number of amides is 2. The number of rotatable bonds is 6. The summed E-state index contributed by atoms with van der Waals surface area (Å²) in [6, 6.07) is 9.04. The standard InChI is InChI=1S/C21H32N4O3/c1-4-25-12-10-21(11-13-25,24(2)3)15-22-20(27)19-18(23-17(26)14-28-19)16-8-6-5-7-9-16/h5-9,18-19H,4,10-15H2,1-3H3,(H,22,27)(H,23,26)/t18-,19+/m1/s1. The van der Waals surface area contributed by atoms with E-state index < -0.39 is 12.1 Å². The van der Waals surface area contributed by atoms with Crippen LogP contribution in [0, 0.1) is 0 Å². The van der Waals surface area contributed by atoms with Crippen molar-refractivity contribution in [2.24, 2.45) is 0 Å². The summed E-state index contributed by atoms with van der Waals surface area (Å²) in [6.07, 6.45) is 1.30. The average Bonchev–Trinajstić information content (AvgIpc) is 2.72. The monoisotopic (exact) mass is 388 g/mol. The van der Waals surface area contributed by atoms with Gasteiger partial charge in [-0.25, -0.2) is 0 Å². The van der Waals surface area contributed by atoms with Crippen molar-refractivity contribution in [2.75, 3.05) is 46.9 Å². The van der Waals surface area contributed by atoms with E-state index in [4.69, 9.17) is 4.74 Å². The number of carbonyl (C=O) groups excluding carboxylic acids is 2. The highest BCUT2D eigenvalue weighted by Crippen LogP contribution is 2.27. The van der Waals surface area contributed by atoms with Gasteiger partial charge in [0.15, 0.2) is 6.10 Å². The van der Waals surface area contributed by atoms with E-state index >= 15 is 0 Å². The number of morpholine rings is 1. The molecule has 2 aliphatic heterocycles. The van der Waals surface area contributed by atoms with Gasteiger partial charge < -0.3 is 25.2 Å². The molecule has 2 saturated heterocycles. The van der Waals surface area contributed by atoms with E-state index in [0.29, 0.717) is 6.54 Å². The molecule has 2 heterocycles. The molecule has 7 heteroatoms. The average molecular weight is 389 g/mol. The number of nitrogens with one attached hydrogen (secondary N) is 2. The quantitative estimate of drug-likeness (QED) is 0.753. The molecule has 2 N–H and O–H groups in total. The van der Waals surface area contributed by atoms with Crippen molar-refractivity contribution in [3.8, 4) is 0 Å². The van der Waals surface area contributed by atoms with Gasteiger partial charge >= 0.3 is 0 Å². The van der Waals surface area contributed by atoms with Crippen LogP contribution in [0.15, 0.2) is 30.3 Å². The molecular weight excluding hydrogens is 356 g/mol. The van der Waals surface area contributed by atoms with E-state index in [0.717, 1.165) is 38.0 Å². The maximum Gasteiger partial charge on any atom is 0.251 e. The lowest BCUT2D eigenvalue weighted by atomic mass is 9.86. The molecule has 1 aromatic rings. The Kier molecular flexibility index (Phi) is 6.69. The van der Waals surface area contributed by atoms with E-state index in [1.165, 1.54) is 0 Å². The minimum absolute atomic E-state index is 0.0541. The maximum absolute atomic E-state index is 13.0. The molecule has 0 saturated carbocycles. The van der Waals surface area contributed by atoms with E-state index in [1.807, 2.05) is 30.3 Å². The Morgan fingerprint density at radius 2 is 1.96 bits per heavy atom. The van der Waals surface area contributed by atoms with Gasteiger partial charge in [0.25, 0.3) is 5.91 Å². The fourth-order valence-corrected chi connectivity index (χ4v) is 4.12. The first-order valence-electron chi connectivity index (χ1n) is 10.1. The molecule has 2 atom stereocenters. The Morgan fingerprint density at radius 1 is 1.29 bits per heavy atom. The lowest BCUT2D eigenvalue weighted by molar-refractivity contribution is -0.148.